The summed E-state index contributed by atoms with van der Waals surface area (Å²) in [5.74, 6) is 3.05. The van der Waals surface area contributed by atoms with Crippen LogP contribution in [0.15, 0.2) is 28.2 Å². The molecule has 0 fully saturated rings. The number of hydrogen-bond acceptors (Lipinski definition) is 5. The summed E-state index contributed by atoms with van der Waals surface area (Å²) >= 11 is 1.49. The average molecular weight is 361 g/mol. The zero-order valence-electron chi connectivity index (χ0n) is 14.6. The molecule has 0 saturated heterocycles. The van der Waals surface area contributed by atoms with Gasteiger partial charge in [0, 0.05) is 11.7 Å². The van der Waals surface area contributed by atoms with Crippen molar-refractivity contribution >= 4 is 22.9 Å². The Balaban J connectivity index is 1.82. The van der Waals surface area contributed by atoms with Crippen LogP contribution in [0.5, 0.6) is 11.5 Å². The summed E-state index contributed by atoms with van der Waals surface area (Å²) in [6.07, 6.45) is 0. The third-order valence-electron chi connectivity index (χ3n) is 3.79. The topological polar surface area (TPSA) is 94.1 Å². The Morgan fingerprint density at radius 3 is 2.64 bits per heavy atom. The Morgan fingerprint density at radius 1 is 1.20 bits per heavy atom. The highest BCUT2D eigenvalue weighted by molar-refractivity contribution is 7.98. The Bertz CT molecular complexity index is 949. The van der Waals surface area contributed by atoms with Crippen LogP contribution in [0.4, 0.5) is 0 Å². The predicted molar refractivity (Wildman–Crippen MR) is 96.5 cm³/mol. The average Bonchev–Trinajstić information content (AvgIpc) is 3.04. The van der Waals surface area contributed by atoms with Crippen LogP contribution >= 0.6 is 11.8 Å². The number of ether oxygens (including phenoxy) is 2. The zero-order chi connectivity index (χ0) is 18.0. The van der Waals surface area contributed by atoms with Crippen LogP contribution in [0, 0.1) is 0 Å². The zero-order valence-corrected chi connectivity index (χ0v) is 15.4. The van der Waals surface area contributed by atoms with E-state index >= 15 is 0 Å². The van der Waals surface area contributed by atoms with Gasteiger partial charge in [-0.05, 0) is 17.7 Å². The normalized spacial score (nSPS) is 11.2. The van der Waals surface area contributed by atoms with Crippen molar-refractivity contribution in [3.8, 4) is 11.5 Å². The number of aromatic amines is 3. The molecule has 0 radical (unpaired) electrons. The molecule has 3 rings (SSSR count). The van der Waals surface area contributed by atoms with Crippen LogP contribution < -0.4 is 20.0 Å². The lowest BCUT2D eigenvalue weighted by Crippen LogP contribution is -2.20. The van der Waals surface area contributed by atoms with Gasteiger partial charge in [0.1, 0.15) is 0 Å². The third kappa shape index (κ3) is 3.63. The highest BCUT2D eigenvalue weighted by Crippen LogP contribution is 2.29. The first-order valence-corrected chi connectivity index (χ1v) is 8.89. The second-order valence-corrected chi connectivity index (χ2v) is 6.87. The molecule has 7 nitrogen and oxygen atoms in total. The van der Waals surface area contributed by atoms with Crippen molar-refractivity contribution in [2.24, 2.45) is 0 Å². The standard InChI is InChI=1S/C17H20N4O3S/c1-9(2)14-18-13-15(19-14)20-17(21-16(13)22)25-8-10-5-6-11(23-3)12(7-10)24-4/h5-7,9H,8H2,1-4H3,(H2,18,19,20,21,22)/p+1. The van der Waals surface area contributed by atoms with Gasteiger partial charge in [-0.1, -0.05) is 36.7 Å². The number of nitrogens with one attached hydrogen (secondary N) is 3. The molecule has 2 aromatic heterocycles. The van der Waals surface area contributed by atoms with Crippen molar-refractivity contribution in [1.82, 2.24) is 15.0 Å². The smallest absolute Gasteiger partial charge is 0.335 e. The number of H-pyrrole nitrogens is 3. The van der Waals surface area contributed by atoms with Crippen LogP contribution in [0.1, 0.15) is 31.2 Å². The van der Waals surface area contributed by atoms with E-state index in [4.69, 9.17) is 9.47 Å². The van der Waals surface area contributed by atoms with E-state index in [1.165, 1.54) is 11.8 Å². The number of fused-ring (bicyclic) bond motifs is 1. The van der Waals surface area contributed by atoms with Gasteiger partial charge in [0.05, 0.1) is 14.2 Å². The van der Waals surface area contributed by atoms with Crippen molar-refractivity contribution < 1.29 is 14.5 Å². The lowest BCUT2D eigenvalue weighted by Gasteiger charge is -2.08. The fourth-order valence-electron chi connectivity index (χ4n) is 2.42. The first kappa shape index (κ1) is 17.3. The minimum atomic E-state index is -0.178. The summed E-state index contributed by atoms with van der Waals surface area (Å²) in [4.78, 5) is 25.8. The number of benzene rings is 1. The largest absolute Gasteiger partial charge is 0.493 e. The van der Waals surface area contributed by atoms with Crippen LogP contribution in [-0.4, -0.2) is 29.2 Å². The maximum Gasteiger partial charge on any atom is 0.335 e. The van der Waals surface area contributed by atoms with E-state index in [0.29, 0.717) is 33.6 Å². The van der Waals surface area contributed by atoms with Gasteiger partial charge in [-0.3, -0.25) is 0 Å². The second-order valence-electron chi connectivity index (χ2n) is 5.89. The number of nitrogens with zero attached hydrogens (tertiary/aromatic N) is 1. The molecule has 0 aliphatic carbocycles. The van der Waals surface area contributed by atoms with Gasteiger partial charge in [0.15, 0.2) is 17.3 Å². The van der Waals surface area contributed by atoms with Crippen LogP contribution in [0.2, 0.25) is 0 Å². The highest BCUT2D eigenvalue weighted by Gasteiger charge is 2.18. The molecular formula is C17H21N4O3S+. The van der Waals surface area contributed by atoms with Crippen molar-refractivity contribution in [3.05, 3.63) is 39.9 Å². The van der Waals surface area contributed by atoms with Gasteiger partial charge in [-0.2, -0.15) is 0 Å². The second kappa shape index (κ2) is 7.18. The quantitative estimate of drug-likeness (QED) is 0.520. The van der Waals surface area contributed by atoms with Crippen molar-refractivity contribution in [2.75, 3.05) is 14.2 Å². The van der Waals surface area contributed by atoms with E-state index in [1.54, 1.807) is 14.2 Å². The number of methoxy groups -OCH3 is 2. The van der Waals surface area contributed by atoms with Gasteiger partial charge < -0.3 is 14.5 Å². The molecule has 0 bridgehead atoms. The Labute approximate surface area is 149 Å². The van der Waals surface area contributed by atoms with Crippen LogP contribution in [0.3, 0.4) is 0 Å². The fraction of sp³-hybridized carbons (Fsp3) is 0.353. The summed E-state index contributed by atoms with van der Waals surface area (Å²) in [7, 11) is 3.22. The van der Waals surface area contributed by atoms with Crippen molar-refractivity contribution in [3.63, 3.8) is 0 Å². The van der Waals surface area contributed by atoms with Crippen LogP contribution in [-0.2, 0) is 5.75 Å². The molecule has 0 unspecified atom stereocenters. The van der Waals surface area contributed by atoms with Gasteiger partial charge in [-0.15, -0.1) is 0 Å². The predicted octanol–water partition coefficient (Wildman–Crippen LogP) is 2.50. The number of thioether (sulfide) groups is 1. The summed E-state index contributed by atoms with van der Waals surface area (Å²) < 4.78 is 10.6. The third-order valence-corrected chi connectivity index (χ3v) is 4.76. The fourth-order valence-corrected chi connectivity index (χ4v) is 3.25. The van der Waals surface area contributed by atoms with Gasteiger partial charge >= 0.3 is 5.56 Å². The molecule has 8 heteroatoms. The number of aromatic nitrogens is 4. The molecular weight excluding hydrogens is 340 g/mol. The van der Waals surface area contributed by atoms with Crippen LogP contribution in [0.25, 0.3) is 11.2 Å². The number of hydrogen-bond donors (Lipinski definition) is 2. The van der Waals surface area contributed by atoms with E-state index in [2.05, 4.69) is 19.9 Å². The van der Waals surface area contributed by atoms with Crippen molar-refractivity contribution in [2.45, 2.75) is 30.7 Å². The summed E-state index contributed by atoms with van der Waals surface area (Å²) in [5.41, 5.74) is 1.92. The molecule has 132 valence electrons. The molecule has 25 heavy (non-hydrogen) atoms. The van der Waals surface area contributed by atoms with Gasteiger partial charge in [-0.25, -0.2) is 14.8 Å². The van der Waals surface area contributed by atoms with E-state index < -0.39 is 0 Å². The lowest BCUT2D eigenvalue weighted by atomic mass is 10.2. The molecule has 3 N–H and O–H groups in total. The number of imidazole rings is 1. The summed E-state index contributed by atoms with van der Waals surface area (Å²) in [6, 6.07) is 5.76. The van der Waals surface area contributed by atoms with Gasteiger partial charge in [0.25, 0.3) is 10.8 Å². The Kier molecular flexibility index (Phi) is 4.98. The molecule has 0 atom stereocenters. The molecule has 2 heterocycles. The van der Waals surface area contributed by atoms with E-state index in [1.807, 2.05) is 32.0 Å². The molecule has 0 saturated carbocycles. The Hall–Kier alpha value is -2.48. The van der Waals surface area contributed by atoms with E-state index in [-0.39, 0.29) is 11.5 Å². The minimum Gasteiger partial charge on any atom is -0.493 e. The molecule has 3 aromatic rings. The molecule has 0 amide bonds. The van der Waals surface area contributed by atoms with Gasteiger partial charge in [0.2, 0.25) is 5.52 Å². The Morgan fingerprint density at radius 2 is 1.96 bits per heavy atom. The van der Waals surface area contributed by atoms with Crippen molar-refractivity contribution in [1.29, 1.82) is 0 Å². The highest BCUT2D eigenvalue weighted by atomic mass is 32.2. The monoisotopic (exact) mass is 361 g/mol. The number of rotatable bonds is 6. The molecule has 1 aromatic carbocycles. The first-order valence-electron chi connectivity index (χ1n) is 7.90. The first-order chi connectivity index (χ1) is 12.0. The maximum atomic E-state index is 12.2. The molecule has 0 aliphatic rings. The molecule has 0 aliphatic heterocycles. The van der Waals surface area contributed by atoms with E-state index in [0.717, 1.165) is 11.4 Å². The maximum absolute atomic E-state index is 12.2. The van der Waals surface area contributed by atoms with E-state index in [9.17, 15) is 4.79 Å². The summed E-state index contributed by atoms with van der Waals surface area (Å²) in [6.45, 7) is 4.05. The lowest BCUT2D eigenvalue weighted by molar-refractivity contribution is -0.405. The summed E-state index contributed by atoms with van der Waals surface area (Å²) in [5, 5.41) is 0.661. The molecule has 0 spiro atoms. The minimum absolute atomic E-state index is 0.178. The SMILES string of the molecule is COc1ccc(CSc2[nH]c(=O)c3[nH]c(C(C)C)nc3[nH+]2)cc1OC.